The molecule has 0 amide bonds. The molecule has 0 atom stereocenters. The molecule has 1 aromatic carbocycles. The van der Waals surface area contributed by atoms with Gasteiger partial charge in [0.1, 0.15) is 5.75 Å². The van der Waals surface area contributed by atoms with Gasteiger partial charge in [0.05, 0.1) is 12.7 Å². The number of nitrogens with one attached hydrogen (secondary N) is 1. The summed E-state index contributed by atoms with van der Waals surface area (Å²) in [5, 5.41) is 3.30. The van der Waals surface area contributed by atoms with E-state index in [4.69, 9.17) is 4.74 Å². The average molecular weight is 269 g/mol. The Morgan fingerprint density at radius 1 is 1.26 bits per heavy atom. The first-order valence-electron chi connectivity index (χ1n) is 6.71. The van der Waals surface area contributed by atoms with Crippen LogP contribution in [0.5, 0.6) is 5.75 Å². The van der Waals surface area contributed by atoms with Crippen LogP contribution >= 0.6 is 0 Å². The molecule has 0 spiro atoms. The Morgan fingerprint density at radius 3 is 2.42 bits per heavy atom. The number of rotatable bonds is 3. The fourth-order valence-electron chi connectivity index (χ4n) is 2.88. The Labute approximate surface area is 113 Å². The monoisotopic (exact) mass is 269 g/mol. The van der Waals surface area contributed by atoms with E-state index < -0.39 is 5.92 Å². The van der Waals surface area contributed by atoms with E-state index in [0.29, 0.717) is 11.7 Å². The second-order valence-electron chi connectivity index (χ2n) is 5.29. The summed E-state index contributed by atoms with van der Waals surface area (Å²) in [5.74, 6) is -2.20. The highest BCUT2D eigenvalue weighted by Gasteiger charge is 2.32. The molecular weight excluding hydrogens is 248 g/mol. The summed E-state index contributed by atoms with van der Waals surface area (Å²) >= 11 is 0. The smallest absolute Gasteiger partial charge is 0.274 e. The van der Waals surface area contributed by atoms with E-state index in [2.05, 4.69) is 5.32 Å². The molecule has 2 rings (SSSR count). The zero-order valence-corrected chi connectivity index (χ0v) is 11.7. The van der Waals surface area contributed by atoms with Crippen LogP contribution in [0.2, 0.25) is 0 Å². The molecule has 0 unspecified atom stereocenters. The van der Waals surface area contributed by atoms with Crippen LogP contribution in [0.25, 0.3) is 0 Å². The van der Waals surface area contributed by atoms with Crippen LogP contribution in [-0.4, -0.2) is 20.2 Å². The summed E-state index contributed by atoms with van der Waals surface area (Å²) in [7, 11) is 1.48. The number of hydrogen-bond donors (Lipinski definition) is 1. The molecule has 0 aromatic heterocycles. The summed E-state index contributed by atoms with van der Waals surface area (Å²) in [6.45, 7) is 4.75. The molecule has 1 aliphatic rings. The standard InChI is InChI=1S/C15H21F2NO/c1-10-4-5-12(15(2,16)17)14(19-3)13(10)11-6-8-18-9-7-11/h4-5,11,18H,6-9H2,1-3H3. The Bertz CT molecular complexity index is 448. The lowest BCUT2D eigenvalue weighted by atomic mass is 9.85. The summed E-state index contributed by atoms with van der Waals surface area (Å²) in [5.41, 5.74) is 1.99. The maximum absolute atomic E-state index is 13.7. The van der Waals surface area contributed by atoms with Crippen molar-refractivity contribution in [1.29, 1.82) is 0 Å². The van der Waals surface area contributed by atoms with Crippen molar-refractivity contribution in [2.24, 2.45) is 0 Å². The molecule has 0 saturated carbocycles. The molecule has 1 heterocycles. The van der Waals surface area contributed by atoms with Gasteiger partial charge in [-0.3, -0.25) is 0 Å². The van der Waals surface area contributed by atoms with Crippen molar-refractivity contribution in [3.63, 3.8) is 0 Å². The van der Waals surface area contributed by atoms with E-state index in [1.165, 1.54) is 13.2 Å². The minimum absolute atomic E-state index is 0.00543. The fourth-order valence-corrected chi connectivity index (χ4v) is 2.88. The Hall–Kier alpha value is -1.16. The highest BCUT2D eigenvalue weighted by atomic mass is 19.3. The first kappa shape index (κ1) is 14.3. The lowest BCUT2D eigenvalue weighted by molar-refractivity contribution is 0.0149. The summed E-state index contributed by atoms with van der Waals surface area (Å²) in [4.78, 5) is 0. The zero-order chi connectivity index (χ0) is 14.0. The molecule has 2 nitrogen and oxygen atoms in total. The molecule has 1 aromatic rings. The SMILES string of the molecule is COc1c(C(C)(F)F)ccc(C)c1C1CCNCC1. The van der Waals surface area contributed by atoms with Gasteiger partial charge in [-0.15, -0.1) is 0 Å². The number of halogens is 2. The van der Waals surface area contributed by atoms with Crippen LogP contribution in [0.1, 0.15) is 42.4 Å². The number of piperidine rings is 1. The van der Waals surface area contributed by atoms with Crippen molar-refractivity contribution in [2.45, 2.75) is 38.5 Å². The van der Waals surface area contributed by atoms with Gasteiger partial charge in [0.2, 0.25) is 0 Å². The van der Waals surface area contributed by atoms with E-state index in [-0.39, 0.29) is 5.56 Å². The first-order valence-corrected chi connectivity index (χ1v) is 6.71. The van der Waals surface area contributed by atoms with Crippen molar-refractivity contribution >= 4 is 0 Å². The van der Waals surface area contributed by atoms with E-state index in [1.54, 1.807) is 6.07 Å². The summed E-state index contributed by atoms with van der Waals surface area (Å²) in [6, 6.07) is 3.27. The Kier molecular flexibility index (Phi) is 4.09. The van der Waals surface area contributed by atoms with Crippen molar-refractivity contribution in [1.82, 2.24) is 5.32 Å². The Morgan fingerprint density at radius 2 is 1.89 bits per heavy atom. The van der Waals surface area contributed by atoms with Crippen LogP contribution in [0.4, 0.5) is 8.78 Å². The Balaban J connectivity index is 2.51. The minimum Gasteiger partial charge on any atom is -0.496 e. The third-order valence-electron chi connectivity index (χ3n) is 3.84. The second-order valence-corrected chi connectivity index (χ2v) is 5.29. The topological polar surface area (TPSA) is 21.3 Å². The van der Waals surface area contributed by atoms with Gasteiger partial charge in [0.25, 0.3) is 5.92 Å². The van der Waals surface area contributed by atoms with Crippen molar-refractivity contribution in [2.75, 3.05) is 20.2 Å². The molecule has 19 heavy (non-hydrogen) atoms. The maximum atomic E-state index is 13.7. The summed E-state index contributed by atoms with van der Waals surface area (Å²) in [6.07, 6.45) is 1.94. The van der Waals surface area contributed by atoms with Gasteiger partial charge >= 0.3 is 0 Å². The lowest BCUT2D eigenvalue weighted by Gasteiger charge is -2.28. The van der Waals surface area contributed by atoms with Crippen LogP contribution in [-0.2, 0) is 5.92 Å². The van der Waals surface area contributed by atoms with E-state index >= 15 is 0 Å². The van der Waals surface area contributed by atoms with Crippen LogP contribution in [0.3, 0.4) is 0 Å². The first-order chi connectivity index (χ1) is 8.95. The number of ether oxygens (including phenoxy) is 1. The molecule has 0 bridgehead atoms. The third-order valence-corrected chi connectivity index (χ3v) is 3.84. The molecule has 1 saturated heterocycles. The highest BCUT2D eigenvalue weighted by Crippen LogP contribution is 2.42. The van der Waals surface area contributed by atoms with Gasteiger partial charge in [0.15, 0.2) is 0 Å². The molecule has 106 valence electrons. The molecule has 0 radical (unpaired) electrons. The second kappa shape index (κ2) is 5.45. The van der Waals surface area contributed by atoms with E-state index in [0.717, 1.165) is 44.0 Å². The van der Waals surface area contributed by atoms with Crippen molar-refractivity contribution in [3.05, 3.63) is 28.8 Å². The average Bonchev–Trinajstić information content (AvgIpc) is 2.37. The lowest BCUT2D eigenvalue weighted by Crippen LogP contribution is -2.27. The van der Waals surface area contributed by atoms with Gasteiger partial charge in [-0.25, -0.2) is 8.78 Å². The number of aryl methyl sites for hydroxylation is 1. The zero-order valence-electron chi connectivity index (χ0n) is 11.7. The van der Waals surface area contributed by atoms with Gasteiger partial charge in [-0.05, 0) is 50.4 Å². The normalized spacial score (nSPS) is 17.5. The molecule has 4 heteroatoms. The molecule has 1 aliphatic heterocycles. The largest absolute Gasteiger partial charge is 0.496 e. The predicted molar refractivity (Wildman–Crippen MR) is 72.1 cm³/mol. The van der Waals surface area contributed by atoms with Crippen molar-refractivity contribution < 1.29 is 13.5 Å². The predicted octanol–water partition coefficient (Wildman–Crippen LogP) is 3.58. The summed E-state index contributed by atoms with van der Waals surface area (Å²) < 4.78 is 32.7. The van der Waals surface area contributed by atoms with Gasteiger partial charge in [-0.1, -0.05) is 6.07 Å². The van der Waals surface area contributed by atoms with Crippen LogP contribution < -0.4 is 10.1 Å². The number of alkyl halides is 2. The third kappa shape index (κ3) is 2.89. The van der Waals surface area contributed by atoms with Crippen LogP contribution in [0, 0.1) is 6.92 Å². The van der Waals surface area contributed by atoms with Crippen molar-refractivity contribution in [3.8, 4) is 5.75 Å². The number of methoxy groups -OCH3 is 1. The fraction of sp³-hybridized carbons (Fsp3) is 0.600. The van der Waals surface area contributed by atoms with Gasteiger partial charge in [0, 0.05) is 12.5 Å². The van der Waals surface area contributed by atoms with E-state index in [9.17, 15) is 8.78 Å². The molecule has 1 fully saturated rings. The molecular formula is C15H21F2NO. The minimum atomic E-state index is -2.87. The molecule has 0 aliphatic carbocycles. The quantitative estimate of drug-likeness (QED) is 0.905. The number of hydrogen-bond acceptors (Lipinski definition) is 2. The molecule has 1 N–H and O–H groups in total. The maximum Gasteiger partial charge on any atom is 0.274 e. The number of benzene rings is 1. The van der Waals surface area contributed by atoms with E-state index in [1.807, 2.05) is 6.92 Å². The van der Waals surface area contributed by atoms with Gasteiger partial charge in [-0.2, -0.15) is 0 Å². The highest BCUT2D eigenvalue weighted by molar-refractivity contribution is 5.50. The van der Waals surface area contributed by atoms with Crippen LogP contribution in [0.15, 0.2) is 12.1 Å². The van der Waals surface area contributed by atoms with Gasteiger partial charge < -0.3 is 10.1 Å².